The molecule has 3 N–H and O–H groups in total. The number of benzene rings is 1. The van der Waals surface area contributed by atoms with Crippen LogP contribution in [0.25, 0.3) is 0 Å². The van der Waals surface area contributed by atoms with Crippen molar-refractivity contribution >= 4 is 17.5 Å². The van der Waals surface area contributed by atoms with E-state index in [0.717, 1.165) is 42.6 Å². The normalized spacial score (nSPS) is 25.2. The fourth-order valence-electron chi connectivity index (χ4n) is 4.57. The highest BCUT2D eigenvalue weighted by Crippen LogP contribution is 2.32. The first-order valence-corrected chi connectivity index (χ1v) is 10.1. The predicted octanol–water partition coefficient (Wildman–Crippen LogP) is 1.40. The molecule has 3 atom stereocenters. The molecule has 0 bridgehead atoms. The predicted molar refractivity (Wildman–Crippen MR) is 103 cm³/mol. The smallest absolute Gasteiger partial charge is 0.275 e. The maximum atomic E-state index is 12.2. The van der Waals surface area contributed by atoms with Crippen LogP contribution in [-0.2, 0) is 16.0 Å². The molecule has 0 spiro atoms. The van der Waals surface area contributed by atoms with Crippen molar-refractivity contribution < 1.29 is 14.5 Å². The molecule has 5 nitrogen and oxygen atoms in total. The van der Waals surface area contributed by atoms with Crippen LogP contribution < -0.4 is 15.5 Å². The monoisotopic (exact) mass is 358 g/mol. The first-order chi connectivity index (χ1) is 12.7. The van der Waals surface area contributed by atoms with Crippen molar-refractivity contribution in [2.75, 3.05) is 31.5 Å². The molecule has 0 aromatic heterocycles. The van der Waals surface area contributed by atoms with Gasteiger partial charge in [0, 0.05) is 11.6 Å². The third kappa shape index (κ3) is 5.07. The zero-order chi connectivity index (χ0) is 18.4. The molecule has 2 fully saturated rings. The molecule has 1 aromatic carbocycles. The molecule has 3 rings (SSSR count). The molecule has 142 valence electrons. The highest BCUT2D eigenvalue weighted by atomic mass is 16.2. The Morgan fingerprint density at radius 2 is 1.85 bits per heavy atom. The summed E-state index contributed by atoms with van der Waals surface area (Å²) >= 11 is 0. The number of fused-ring (bicyclic) bond motifs is 1. The lowest BCUT2D eigenvalue weighted by molar-refractivity contribution is -0.902. The minimum Gasteiger partial charge on any atom is -0.342 e. The van der Waals surface area contributed by atoms with Gasteiger partial charge in [0.1, 0.15) is 0 Å². The molecule has 5 heteroatoms. The van der Waals surface area contributed by atoms with Crippen molar-refractivity contribution in [3.8, 4) is 0 Å². The quantitative estimate of drug-likeness (QED) is 0.720. The van der Waals surface area contributed by atoms with E-state index in [0.29, 0.717) is 6.54 Å². The Morgan fingerprint density at radius 3 is 2.65 bits per heavy atom. The van der Waals surface area contributed by atoms with Crippen molar-refractivity contribution in [3.05, 3.63) is 29.8 Å². The van der Waals surface area contributed by atoms with Gasteiger partial charge in [-0.25, -0.2) is 0 Å². The number of rotatable bonds is 6. The first kappa shape index (κ1) is 18.9. The molecular weight excluding hydrogens is 326 g/mol. The maximum absolute atomic E-state index is 12.2. The van der Waals surface area contributed by atoms with Crippen LogP contribution in [0, 0.1) is 11.8 Å². The Morgan fingerprint density at radius 1 is 1.08 bits per heavy atom. The SMILES string of the molecule is CCc1ccccc1NC(=O)CNC(=O)C[NH+]1CC[C@H]2CCCC[C@@H]2C1. The number of para-hydroxylation sites is 1. The number of likely N-dealkylation sites (tertiary alicyclic amines) is 1. The topological polar surface area (TPSA) is 62.6 Å². The van der Waals surface area contributed by atoms with Crippen LogP contribution in [0.4, 0.5) is 5.69 Å². The van der Waals surface area contributed by atoms with E-state index in [9.17, 15) is 9.59 Å². The van der Waals surface area contributed by atoms with E-state index >= 15 is 0 Å². The van der Waals surface area contributed by atoms with Gasteiger partial charge in [-0.15, -0.1) is 0 Å². The highest BCUT2D eigenvalue weighted by Gasteiger charge is 2.34. The number of amides is 2. The number of carbonyl (C=O) groups excluding carboxylic acids is 2. The van der Waals surface area contributed by atoms with Gasteiger partial charge in [0.15, 0.2) is 6.54 Å². The van der Waals surface area contributed by atoms with Gasteiger partial charge in [0.05, 0.1) is 19.6 Å². The maximum Gasteiger partial charge on any atom is 0.275 e. The molecule has 1 aliphatic heterocycles. The van der Waals surface area contributed by atoms with Gasteiger partial charge in [0.2, 0.25) is 5.91 Å². The number of piperidine rings is 1. The van der Waals surface area contributed by atoms with Gasteiger partial charge in [0.25, 0.3) is 5.91 Å². The Balaban J connectivity index is 1.40. The fourth-order valence-corrected chi connectivity index (χ4v) is 4.57. The lowest BCUT2D eigenvalue weighted by atomic mass is 9.75. The molecule has 1 heterocycles. The van der Waals surface area contributed by atoms with Crippen LogP contribution in [0.1, 0.15) is 44.6 Å². The largest absolute Gasteiger partial charge is 0.342 e. The summed E-state index contributed by atoms with van der Waals surface area (Å²) in [6.45, 7) is 4.79. The van der Waals surface area contributed by atoms with Crippen molar-refractivity contribution in [1.29, 1.82) is 0 Å². The van der Waals surface area contributed by atoms with Crippen molar-refractivity contribution in [3.63, 3.8) is 0 Å². The second-order valence-corrected chi connectivity index (χ2v) is 7.81. The van der Waals surface area contributed by atoms with E-state index < -0.39 is 0 Å². The van der Waals surface area contributed by atoms with Crippen molar-refractivity contribution in [1.82, 2.24) is 5.32 Å². The van der Waals surface area contributed by atoms with Gasteiger partial charge in [-0.05, 0) is 43.2 Å². The highest BCUT2D eigenvalue weighted by molar-refractivity contribution is 5.95. The van der Waals surface area contributed by atoms with E-state index in [2.05, 4.69) is 17.6 Å². The summed E-state index contributed by atoms with van der Waals surface area (Å²) in [6, 6.07) is 7.78. The number of anilines is 1. The first-order valence-electron chi connectivity index (χ1n) is 10.1. The average molecular weight is 359 g/mol. The minimum atomic E-state index is -0.166. The van der Waals surface area contributed by atoms with Crippen LogP contribution in [-0.4, -0.2) is 38.0 Å². The van der Waals surface area contributed by atoms with Crippen LogP contribution in [0.15, 0.2) is 24.3 Å². The zero-order valence-electron chi connectivity index (χ0n) is 15.9. The second kappa shape index (κ2) is 9.17. The molecule has 2 amide bonds. The zero-order valence-corrected chi connectivity index (χ0v) is 15.9. The van der Waals surface area contributed by atoms with Crippen molar-refractivity contribution in [2.24, 2.45) is 11.8 Å². The lowest BCUT2D eigenvalue weighted by Gasteiger charge is -2.38. The van der Waals surface area contributed by atoms with Gasteiger partial charge in [-0.2, -0.15) is 0 Å². The number of nitrogens with one attached hydrogen (secondary N) is 3. The molecule has 1 unspecified atom stereocenters. The van der Waals surface area contributed by atoms with Crippen LogP contribution in [0.2, 0.25) is 0 Å². The second-order valence-electron chi connectivity index (χ2n) is 7.81. The van der Waals surface area contributed by atoms with E-state index in [1.54, 1.807) is 0 Å². The molecule has 1 saturated heterocycles. The molecule has 1 saturated carbocycles. The summed E-state index contributed by atoms with van der Waals surface area (Å²) < 4.78 is 0. The van der Waals surface area contributed by atoms with Gasteiger partial charge in [-0.3, -0.25) is 9.59 Å². The molecular formula is C21H32N3O2+. The fraction of sp³-hybridized carbons (Fsp3) is 0.619. The standard InChI is InChI=1S/C21H31N3O2/c1-2-16-7-5-6-10-19(16)23-20(25)13-22-21(26)15-24-12-11-17-8-3-4-9-18(17)14-24/h5-7,10,17-18H,2-4,8-9,11-15H2,1H3,(H,22,26)(H,23,25)/p+1/t17-,18-/m1/s1. The third-order valence-electron chi connectivity index (χ3n) is 6.02. The molecule has 26 heavy (non-hydrogen) atoms. The average Bonchev–Trinajstić information content (AvgIpc) is 2.67. The summed E-state index contributed by atoms with van der Waals surface area (Å²) in [5.41, 5.74) is 1.94. The molecule has 1 aliphatic carbocycles. The van der Waals surface area contributed by atoms with Crippen molar-refractivity contribution in [2.45, 2.75) is 45.4 Å². The summed E-state index contributed by atoms with van der Waals surface area (Å²) in [5.74, 6) is 1.50. The Bertz CT molecular complexity index is 631. The van der Waals surface area contributed by atoms with Crippen LogP contribution in [0.5, 0.6) is 0 Å². The number of aryl methyl sites for hydroxylation is 1. The Kier molecular flexibility index (Phi) is 6.67. The number of hydrogen-bond donors (Lipinski definition) is 3. The molecule has 2 aliphatic rings. The molecule has 1 aromatic rings. The summed E-state index contributed by atoms with van der Waals surface area (Å²) in [7, 11) is 0. The lowest BCUT2D eigenvalue weighted by Crippen LogP contribution is -3.15. The van der Waals surface area contributed by atoms with Gasteiger partial charge < -0.3 is 15.5 Å². The van der Waals surface area contributed by atoms with Gasteiger partial charge in [-0.1, -0.05) is 38.0 Å². The van der Waals surface area contributed by atoms with Gasteiger partial charge >= 0.3 is 0 Å². The Labute approximate surface area is 156 Å². The van der Waals surface area contributed by atoms with Crippen LogP contribution in [0.3, 0.4) is 0 Å². The summed E-state index contributed by atoms with van der Waals surface area (Å²) in [4.78, 5) is 25.7. The number of hydrogen-bond acceptors (Lipinski definition) is 2. The number of carbonyl (C=O) groups is 2. The van der Waals surface area contributed by atoms with E-state index in [4.69, 9.17) is 0 Å². The summed E-state index contributed by atoms with van der Waals surface area (Å²) in [5, 5.41) is 5.68. The third-order valence-corrected chi connectivity index (χ3v) is 6.02. The van der Waals surface area contributed by atoms with E-state index in [1.807, 2.05) is 24.3 Å². The molecule has 0 radical (unpaired) electrons. The summed E-state index contributed by atoms with van der Waals surface area (Å²) in [6.07, 6.45) is 7.55. The Hall–Kier alpha value is -1.88. The van der Waals surface area contributed by atoms with Crippen LogP contribution >= 0.6 is 0 Å². The van der Waals surface area contributed by atoms with E-state index in [1.165, 1.54) is 37.0 Å². The minimum absolute atomic E-state index is 0.0202. The van der Waals surface area contributed by atoms with E-state index in [-0.39, 0.29) is 18.4 Å². The number of quaternary nitrogens is 1.